The minimum atomic E-state index is -0.0484. The van der Waals surface area contributed by atoms with E-state index in [-0.39, 0.29) is 5.41 Å². The van der Waals surface area contributed by atoms with Crippen LogP contribution in [-0.2, 0) is 5.41 Å². The summed E-state index contributed by atoms with van der Waals surface area (Å²) < 4.78 is 13.7. The quantitative estimate of drug-likeness (QED) is 0.123. The normalized spacial score (nSPS) is 12.0. The Bertz CT molecular complexity index is 3970. The van der Waals surface area contributed by atoms with Crippen LogP contribution in [0.3, 0.4) is 0 Å². The Morgan fingerprint density at radius 2 is 1.03 bits per heavy atom. The fraction of sp³-hybridized carbons (Fsp3) is 0.0625. The summed E-state index contributed by atoms with van der Waals surface area (Å²) in [5.41, 5.74) is 19.0. The lowest BCUT2D eigenvalue weighted by Gasteiger charge is -2.20. The molecule has 0 saturated heterocycles. The molecule has 0 spiro atoms. The molecular formula is C64H46N4O. The molecule has 12 aromatic rings. The third-order valence-electron chi connectivity index (χ3n) is 13.7. The predicted molar refractivity (Wildman–Crippen MR) is 282 cm³/mol. The number of fused-ring (bicyclic) bond motifs is 10. The van der Waals surface area contributed by atoms with E-state index in [9.17, 15) is 0 Å². The predicted octanol–water partition coefficient (Wildman–Crippen LogP) is 15.9. The van der Waals surface area contributed by atoms with Crippen LogP contribution < -0.4 is 9.30 Å². The molecule has 13 rings (SSSR count). The Morgan fingerprint density at radius 1 is 0.449 bits per heavy atom. The molecule has 69 heavy (non-hydrogen) atoms. The topological polar surface area (TPSA) is 35.9 Å². The second-order valence-electron chi connectivity index (χ2n) is 19.0. The van der Waals surface area contributed by atoms with Crippen molar-refractivity contribution in [2.45, 2.75) is 26.2 Å². The molecular weight excluding hydrogens is 841 g/mol. The highest BCUT2D eigenvalue weighted by Crippen LogP contribution is 2.45. The van der Waals surface area contributed by atoms with Gasteiger partial charge in [-0.1, -0.05) is 185 Å². The van der Waals surface area contributed by atoms with Gasteiger partial charge in [-0.2, -0.15) is 0 Å². The van der Waals surface area contributed by atoms with Gasteiger partial charge >= 0.3 is 0 Å². The van der Waals surface area contributed by atoms with E-state index in [0.29, 0.717) is 0 Å². The third kappa shape index (κ3) is 6.77. The average molecular weight is 887 g/mol. The molecule has 5 nitrogen and oxygen atoms in total. The van der Waals surface area contributed by atoms with Crippen molar-refractivity contribution in [3.63, 3.8) is 0 Å². The van der Waals surface area contributed by atoms with Gasteiger partial charge in [0.25, 0.3) is 6.33 Å². The van der Waals surface area contributed by atoms with E-state index in [1.54, 1.807) is 0 Å². The summed E-state index contributed by atoms with van der Waals surface area (Å²) in [7, 11) is 0. The molecule has 1 aliphatic rings. The molecule has 0 radical (unpaired) electrons. The number of imidazole rings is 1. The van der Waals surface area contributed by atoms with E-state index in [2.05, 4.69) is 253 Å². The van der Waals surface area contributed by atoms with E-state index in [1.807, 2.05) is 12.3 Å². The first kappa shape index (κ1) is 40.5. The Labute approximate surface area is 401 Å². The van der Waals surface area contributed by atoms with Crippen LogP contribution in [0, 0.1) is 6.33 Å². The molecule has 328 valence electrons. The number of nitrogens with zero attached hydrogens (tertiary/aromatic N) is 4. The number of rotatable bonds is 6. The van der Waals surface area contributed by atoms with Crippen LogP contribution in [0.15, 0.2) is 225 Å². The van der Waals surface area contributed by atoms with Crippen molar-refractivity contribution in [2.24, 2.45) is 0 Å². The largest absolute Gasteiger partial charge is 0.458 e. The van der Waals surface area contributed by atoms with Gasteiger partial charge in [-0.05, 0) is 115 Å². The van der Waals surface area contributed by atoms with Crippen molar-refractivity contribution in [1.82, 2.24) is 14.1 Å². The highest BCUT2D eigenvalue weighted by Gasteiger charge is 2.26. The minimum Gasteiger partial charge on any atom is -0.458 e. The molecule has 4 heterocycles. The first-order valence-electron chi connectivity index (χ1n) is 23.6. The Balaban J connectivity index is 0.979. The summed E-state index contributed by atoms with van der Waals surface area (Å²) in [4.78, 5) is 4.99. The van der Waals surface area contributed by atoms with Gasteiger partial charge in [-0.25, -0.2) is 4.98 Å². The molecule has 1 aliphatic heterocycles. The van der Waals surface area contributed by atoms with Crippen LogP contribution in [0.5, 0.6) is 11.5 Å². The standard InChI is InChI=1S/C64H46N4O/c1-64(2,3)45-35-36-65-61(38-45)68-59-37-44(42-17-6-4-7-18-42)31-33-54(59)55-34-32-48(40-60(55)68)69-47-22-14-21-46(39-47)66-41-67-62-49(43-19-8-5-9-20-43)27-15-28-56(62)52-25-12-10-23-50(52)51-24-11-13-26-53(51)57-29-16-30-58(66)63(57)67/h4-40H,1-3H3. The minimum absolute atomic E-state index is 0.0484. The fourth-order valence-electron chi connectivity index (χ4n) is 10.4. The molecule has 0 unspecified atom stereocenters. The second kappa shape index (κ2) is 15.9. The summed E-state index contributed by atoms with van der Waals surface area (Å²) in [6, 6.07) is 78.0. The summed E-state index contributed by atoms with van der Waals surface area (Å²) in [6.07, 6.45) is 5.86. The number of aromatic nitrogens is 4. The molecule has 0 atom stereocenters. The van der Waals surface area contributed by atoms with Crippen LogP contribution in [0.25, 0.3) is 106 Å². The van der Waals surface area contributed by atoms with Crippen molar-refractivity contribution >= 4 is 32.8 Å². The number of hydrogen-bond donors (Lipinski definition) is 0. The number of ether oxygens (including phenoxy) is 1. The number of pyridine rings is 1. The SMILES string of the molecule is CC(C)(C)c1ccnc(-n2c3cc(Oc4cccc(-n5[c-][n+]6c7c(cccc75)-c5ccccc5-c5ccccc5-c5cccc(-c7ccccc7)c5-6)c4)ccc3c3ccc(-c4ccccc4)cc32)c1. The lowest BCUT2D eigenvalue weighted by atomic mass is 9.88. The lowest BCUT2D eigenvalue weighted by Crippen LogP contribution is -2.32. The number of benzene rings is 9. The van der Waals surface area contributed by atoms with Gasteiger partial charge in [0.15, 0.2) is 0 Å². The Hall–Kier alpha value is -8.80. The Kier molecular flexibility index (Phi) is 9.34. The maximum absolute atomic E-state index is 6.90. The molecule has 0 saturated carbocycles. The van der Waals surface area contributed by atoms with Crippen LogP contribution in [0.2, 0.25) is 0 Å². The Morgan fingerprint density at radius 3 is 1.77 bits per heavy atom. The van der Waals surface area contributed by atoms with Crippen LogP contribution >= 0.6 is 0 Å². The molecule has 3 aromatic heterocycles. The van der Waals surface area contributed by atoms with E-state index in [4.69, 9.17) is 9.72 Å². The summed E-state index contributed by atoms with van der Waals surface area (Å²) >= 11 is 0. The lowest BCUT2D eigenvalue weighted by molar-refractivity contribution is -0.570. The summed E-state index contributed by atoms with van der Waals surface area (Å²) in [5, 5.41) is 2.29. The van der Waals surface area contributed by atoms with Crippen molar-refractivity contribution in [3.8, 4) is 84.3 Å². The maximum atomic E-state index is 6.90. The fourth-order valence-corrected chi connectivity index (χ4v) is 10.4. The average Bonchev–Trinajstić information content (AvgIpc) is 3.95. The second-order valence-corrected chi connectivity index (χ2v) is 19.0. The highest BCUT2D eigenvalue weighted by molar-refractivity contribution is 6.10. The van der Waals surface area contributed by atoms with Crippen LogP contribution in [-0.4, -0.2) is 14.1 Å². The molecule has 5 heteroatoms. The molecule has 0 aliphatic carbocycles. The van der Waals surface area contributed by atoms with Crippen molar-refractivity contribution in [1.29, 1.82) is 0 Å². The molecule has 0 bridgehead atoms. The molecule has 0 N–H and O–H groups in total. The van der Waals surface area contributed by atoms with Gasteiger partial charge in [0, 0.05) is 23.0 Å². The van der Waals surface area contributed by atoms with Gasteiger partial charge in [-0.15, -0.1) is 0 Å². The van der Waals surface area contributed by atoms with E-state index in [1.165, 1.54) is 33.4 Å². The monoisotopic (exact) mass is 886 g/mol. The zero-order chi connectivity index (χ0) is 46.2. The van der Waals surface area contributed by atoms with Crippen LogP contribution in [0.4, 0.5) is 0 Å². The first-order chi connectivity index (χ1) is 33.9. The highest BCUT2D eigenvalue weighted by atomic mass is 16.5. The smallest absolute Gasteiger partial charge is 0.269 e. The first-order valence-corrected chi connectivity index (χ1v) is 23.6. The van der Waals surface area contributed by atoms with Gasteiger partial charge in [0.1, 0.15) is 17.3 Å². The van der Waals surface area contributed by atoms with Gasteiger partial charge in [0.2, 0.25) is 0 Å². The van der Waals surface area contributed by atoms with Crippen molar-refractivity contribution < 1.29 is 9.30 Å². The number of hydrogen-bond acceptors (Lipinski definition) is 2. The van der Waals surface area contributed by atoms with Crippen LogP contribution in [0.1, 0.15) is 26.3 Å². The molecule has 0 fully saturated rings. The zero-order valence-electron chi connectivity index (χ0n) is 38.6. The van der Waals surface area contributed by atoms with Gasteiger partial charge in [0.05, 0.1) is 33.4 Å². The van der Waals surface area contributed by atoms with E-state index < -0.39 is 0 Å². The van der Waals surface area contributed by atoms with Gasteiger partial charge in [-0.3, -0.25) is 13.7 Å². The van der Waals surface area contributed by atoms with Gasteiger partial charge < -0.3 is 4.74 Å². The van der Waals surface area contributed by atoms with E-state index >= 15 is 0 Å². The maximum Gasteiger partial charge on any atom is 0.269 e. The zero-order valence-corrected chi connectivity index (χ0v) is 38.6. The van der Waals surface area contributed by atoms with E-state index in [0.717, 1.165) is 89.3 Å². The molecule has 9 aromatic carbocycles. The summed E-state index contributed by atoms with van der Waals surface area (Å²) in [5.74, 6) is 2.33. The van der Waals surface area contributed by atoms with Crippen molar-refractivity contribution in [3.05, 3.63) is 236 Å². The van der Waals surface area contributed by atoms with Crippen molar-refractivity contribution in [2.75, 3.05) is 0 Å². The molecule has 0 amide bonds. The third-order valence-corrected chi connectivity index (χ3v) is 13.7. The number of para-hydroxylation sites is 2. The summed E-state index contributed by atoms with van der Waals surface area (Å²) in [6.45, 7) is 6.73.